The first-order chi connectivity index (χ1) is 11.0. The van der Waals surface area contributed by atoms with Crippen LogP contribution in [0.25, 0.3) is 0 Å². The third-order valence-electron chi connectivity index (χ3n) is 5.07. The Bertz CT molecular complexity index is 591. The van der Waals surface area contributed by atoms with Crippen molar-refractivity contribution in [3.63, 3.8) is 0 Å². The van der Waals surface area contributed by atoms with E-state index in [9.17, 15) is 13.2 Å². The topological polar surface area (TPSA) is 47.5 Å². The average molecular weight is 343 g/mol. The van der Waals surface area contributed by atoms with Crippen molar-refractivity contribution in [2.75, 3.05) is 11.4 Å². The molecule has 0 bridgehead atoms. The Labute approximate surface area is 139 Å². The average Bonchev–Trinajstić information content (AvgIpc) is 3.02. The molecule has 0 radical (unpaired) electrons. The van der Waals surface area contributed by atoms with Gasteiger partial charge in [-0.25, -0.2) is 9.97 Å². The number of rotatable bonds is 2. The first-order valence-electron chi connectivity index (χ1n) is 8.02. The van der Waals surface area contributed by atoms with E-state index in [1.807, 2.05) is 27.7 Å². The fraction of sp³-hybridized carbons (Fsp3) is 0.733. The van der Waals surface area contributed by atoms with E-state index < -0.39 is 30.5 Å². The summed E-state index contributed by atoms with van der Waals surface area (Å²) < 4.78 is 51.0. The minimum atomic E-state index is -4.27. The van der Waals surface area contributed by atoms with Gasteiger partial charge in [0, 0.05) is 24.4 Å². The van der Waals surface area contributed by atoms with Gasteiger partial charge in [-0.15, -0.1) is 0 Å². The Balaban J connectivity index is 1.77. The zero-order chi connectivity index (χ0) is 17.8. The van der Waals surface area contributed by atoms with Crippen molar-refractivity contribution in [1.29, 1.82) is 0 Å². The number of hydrogen-bond donors (Lipinski definition) is 0. The molecule has 24 heavy (non-hydrogen) atoms. The summed E-state index contributed by atoms with van der Waals surface area (Å²) in [6.07, 6.45) is -0.755. The molecule has 0 N–H and O–H groups in total. The van der Waals surface area contributed by atoms with Crippen LogP contribution < -0.4 is 10.4 Å². The zero-order valence-electron chi connectivity index (χ0n) is 14.2. The van der Waals surface area contributed by atoms with Crippen LogP contribution in [0.2, 0.25) is 0 Å². The smallest absolute Gasteiger partial charge is 0.399 e. The number of nitrogens with zero attached hydrogens (tertiary/aromatic N) is 3. The molecule has 0 saturated carbocycles. The van der Waals surface area contributed by atoms with E-state index in [0.717, 1.165) is 0 Å². The molecule has 0 aromatic carbocycles. The molecule has 1 unspecified atom stereocenters. The lowest BCUT2D eigenvalue weighted by molar-refractivity contribution is -0.146. The van der Waals surface area contributed by atoms with Gasteiger partial charge in [-0.1, -0.05) is 0 Å². The van der Waals surface area contributed by atoms with Crippen LogP contribution in [0.3, 0.4) is 0 Å². The van der Waals surface area contributed by atoms with Crippen LogP contribution in [0.5, 0.6) is 0 Å². The summed E-state index contributed by atoms with van der Waals surface area (Å²) in [5.74, 6) is 0.0927. The molecule has 3 heterocycles. The van der Waals surface area contributed by atoms with Crippen molar-refractivity contribution in [2.45, 2.75) is 64.0 Å². The van der Waals surface area contributed by atoms with Crippen LogP contribution in [0, 0.1) is 0 Å². The molecule has 0 amide bonds. The Hall–Kier alpha value is -1.35. The summed E-state index contributed by atoms with van der Waals surface area (Å²) in [5.41, 5.74) is -0.389. The maximum absolute atomic E-state index is 13.1. The highest BCUT2D eigenvalue weighted by molar-refractivity contribution is 6.61. The molecule has 2 fully saturated rings. The van der Waals surface area contributed by atoms with Gasteiger partial charge in [0.25, 0.3) is 0 Å². The van der Waals surface area contributed by atoms with Crippen molar-refractivity contribution in [2.24, 2.45) is 0 Å². The number of aromatic nitrogens is 2. The first-order valence-corrected chi connectivity index (χ1v) is 8.02. The van der Waals surface area contributed by atoms with Gasteiger partial charge in [0.2, 0.25) is 5.95 Å². The molecule has 2 saturated heterocycles. The predicted octanol–water partition coefficient (Wildman–Crippen LogP) is 2.31. The van der Waals surface area contributed by atoms with Gasteiger partial charge < -0.3 is 14.2 Å². The normalized spacial score (nSPS) is 26.2. The Morgan fingerprint density at radius 2 is 1.67 bits per heavy atom. The lowest BCUT2D eigenvalue weighted by Gasteiger charge is -2.32. The van der Waals surface area contributed by atoms with Crippen LogP contribution >= 0.6 is 0 Å². The minimum absolute atomic E-state index is 0.0752. The molecule has 3 rings (SSSR count). The first kappa shape index (κ1) is 17.5. The fourth-order valence-corrected chi connectivity index (χ4v) is 2.93. The molecular weight excluding hydrogens is 322 g/mol. The lowest BCUT2D eigenvalue weighted by Crippen LogP contribution is -2.42. The number of anilines is 1. The van der Waals surface area contributed by atoms with Crippen molar-refractivity contribution in [1.82, 2.24) is 9.97 Å². The maximum atomic E-state index is 13.1. The van der Waals surface area contributed by atoms with Gasteiger partial charge in [0.05, 0.1) is 11.2 Å². The predicted molar refractivity (Wildman–Crippen MR) is 84.2 cm³/mol. The summed E-state index contributed by atoms with van der Waals surface area (Å²) in [4.78, 5) is 9.46. The molecule has 0 aliphatic carbocycles. The van der Waals surface area contributed by atoms with Gasteiger partial charge in [0.15, 0.2) is 0 Å². The van der Waals surface area contributed by atoms with Crippen LogP contribution in [0.15, 0.2) is 12.4 Å². The van der Waals surface area contributed by atoms with Gasteiger partial charge in [0.1, 0.15) is 6.04 Å². The molecule has 5 nitrogen and oxygen atoms in total. The van der Waals surface area contributed by atoms with E-state index in [1.54, 1.807) is 0 Å². The second-order valence-electron chi connectivity index (χ2n) is 7.30. The Kier molecular flexibility index (Phi) is 4.07. The van der Waals surface area contributed by atoms with Crippen molar-refractivity contribution < 1.29 is 22.5 Å². The van der Waals surface area contributed by atoms with Gasteiger partial charge in [-0.05, 0) is 40.5 Å². The summed E-state index contributed by atoms with van der Waals surface area (Å²) in [5, 5.41) is 0. The van der Waals surface area contributed by atoms with Crippen LogP contribution in [0.4, 0.5) is 19.1 Å². The van der Waals surface area contributed by atoms with E-state index in [0.29, 0.717) is 18.4 Å². The second-order valence-corrected chi connectivity index (χ2v) is 7.30. The number of alkyl halides is 3. The summed E-state index contributed by atoms with van der Waals surface area (Å²) in [7, 11) is -0.624. The molecule has 132 valence electrons. The molecule has 1 aromatic rings. The lowest BCUT2D eigenvalue weighted by atomic mass is 9.81. The van der Waals surface area contributed by atoms with Gasteiger partial charge in [-0.2, -0.15) is 13.2 Å². The van der Waals surface area contributed by atoms with Crippen LogP contribution in [-0.2, 0) is 9.31 Å². The second kappa shape index (κ2) is 5.59. The minimum Gasteiger partial charge on any atom is -0.399 e. The molecule has 9 heteroatoms. The summed E-state index contributed by atoms with van der Waals surface area (Å²) >= 11 is 0. The molecule has 1 atom stereocenters. The van der Waals surface area contributed by atoms with Crippen LogP contribution in [-0.4, -0.2) is 47.1 Å². The van der Waals surface area contributed by atoms with E-state index in [4.69, 9.17) is 9.31 Å². The van der Waals surface area contributed by atoms with Gasteiger partial charge >= 0.3 is 13.3 Å². The Morgan fingerprint density at radius 3 is 2.17 bits per heavy atom. The Morgan fingerprint density at radius 1 is 1.12 bits per heavy atom. The quantitative estimate of drug-likeness (QED) is 0.772. The fourth-order valence-electron chi connectivity index (χ4n) is 2.93. The van der Waals surface area contributed by atoms with E-state index in [2.05, 4.69) is 9.97 Å². The highest BCUT2D eigenvalue weighted by Gasteiger charge is 2.52. The third-order valence-corrected chi connectivity index (χ3v) is 5.07. The monoisotopic (exact) mass is 343 g/mol. The molecule has 2 aliphatic heterocycles. The molecule has 2 aliphatic rings. The van der Waals surface area contributed by atoms with Crippen molar-refractivity contribution in [3.05, 3.63) is 12.4 Å². The summed E-state index contributed by atoms with van der Waals surface area (Å²) in [6.45, 7) is 8.03. The number of halogens is 3. The zero-order valence-corrected chi connectivity index (χ0v) is 14.2. The third kappa shape index (κ3) is 2.99. The standard InChI is InChI=1S/C15H21BF3N3O2/c1-13(2)14(3,4)24-16(23-13)10-8-20-12(21-9-10)22-7-5-6-11(22)15(17,18)19/h8-9,11H,5-7H2,1-4H3. The SMILES string of the molecule is CC1(C)OB(c2cnc(N3CCCC3C(F)(F)F)nc2)OC1(C)C. The van der Waals surface area contributed by atoms with E-state index in [1.165, 1.54) is 17.3 Å². The molecular formula is C15H21BF3N3O2. The van der Waals surface area contributed by atoms with Crippen molar-refractivity contribution >= 4 is 18.5 Å². The van der Waals surface area contributed by atoms with E-state index >= 15 is 0 Å². The molecule has 1 aromatic heterocycles. The van der Waals surface area contributed by atoms with Crippen LogP contribution in [0.1, 0.15) is 40.5 Å². The van der Waals surface area contributed by atoms with Crippen molar-refractivity contribution in [3.8, 4) is 0 Å². The summed E-state index contributed by atoms with van der Waals surface area (Å²) in [6, 6.07) is -1.51. The largest absolute Gasteiger partial charge is 0.498 e. The number of hydrogen-bond acceptors (Lipinski definition) is 5. The molecule has 0 spiro atoms. The maximum Gasteiger partial charge on any atom is 0.498 e. The highest BCUT2D eigenvalue weighted by atomic mass is 19.4. The van der Waals surface area contributed by atoms with Gasteiger partial charge in [-0.3, -0.25) is 0 Å². The highest BCUT2D eigenvalue weighted by Crippen LogP contribution is 2.37. The van der Waals surface area contributed by atoms with E-state index in [-0.39, 0.29) is 12.4 Å².